The van der Waals surface area contributed by atoms with Gasteiger partial charge in [0.05, 0.1) is 6.61 Å². The van der Waals surface area contributed by atoms with Crippen molar-refractivity contribution >= 4 is 0 Å². The molecule has 0 aliphatic rings. The number of rotatable bonds is 7. The van der Waals surface area contributed by atoms with Crippen LogP contribution in [0.3, 0.4) is 0 Å². The zero-order valence-electron chi connectivity index (χ0n) is 14.8. The molecule has 0 radical (unpaired) electrons. The first-order valence-electron chi connectivity index (χ1n) is 8.51. The van der Waals surface area contributed by atoms with Crippen LogP contribution in [0.5, 0.6) is 5.75 Å². The summed E-state index contributed by atoms with van der Waals surface area (Å²) in [6.45, 7) is 9.96. The van der Waals surface area contributed by atoms with Crippen molar-refractivity contribution in [2.24, 2.45) is 5.73 Å². The van der Waals surface area contributed by atoms with Crippen LogP contribution in [0.15, 0.2) is 42.5 Å². The molecule has 0 spiro atoms. The maximum Gasteiger partial charge on any atom is 0.125 e. The molecule has 2 rings (SSSR count). The largest absolute Gasteiger partial charge is 0.493 e. The summed E-state index contributed by atoms with van der Waals surface area (Å²) >= 11 is 0. The lowest BCUT2D eigenvalue weighted by Crippen LogP contribution is -2.16. The average molecular weight is 311 g/mol. The third-order valence-corrected chi connectivity index (χ3v) is 4.48. The van der Waals surface area contributed by atoms with Gasteiger partial charge in [-0.2, -0.15) is 0 Å². The van der Waals surface area contributed by atoms with Crippen molar-refractivity contribution in [1.82, 2.24) is 0 Å². The number of nitrogens with two attached hydrogens (primary N) is 1. The van der Waals surface area contributed by atoms with Gasteiger partial charge in [-0.05, 0) is 60.9 Å². The highest BCUT2D eigenvalue weighted by Gasteiger charge is 2.11. The van der Waals surface area contributed by atoms with E-state index < -0.39 is 0 Å². The third kappa shape index (κ3) is 4.59. The van der Waals surface area contributed by atoms with E-state index in [0.717, 1.165) is 12.2 Å². The van der Waals surface area contributed by atoms with Crippen molar-refractivity contribution in [2.75, 3.05) is 13.2 Å². The molecule has 0 fully saturated rings. The minimum Gasteiger partial charge on any atom is -0.493 e. The zero-order chi connectivity index (χ0) is 16.8. The molecule has 0 amide bonds. The number of hydrogen-bond acceptors (Lipinski definition) is 2. The van der Waals surface area contributed by atoms with Gasteiger partial charge in [0, 0.05) is 0 Å². The molecule has 0 bridgehead atoms. The maximum atomic E-state index is 6.03. The fourth-order valence-electron chi connectivity index (χ4n) is 2.90. The Morgan fingerprint density at radius 3 is 2.00 bits per heavy atom. The van der Waals surface area contributed by atoms with E-state index >= 15 is 0 Å². The Balaban J connectivity index is 1.97. The highest BCUT2D eigenvalue weighted by atomic mass is 16.5. The van der Waals surface area contributed by atoms with Crippen LogP contribution in [0.2, 0.25) is 0 Å². The smallest absolute Gasteiger partial charge is 0.125 e. The van der Waals surface area contributed by atoms with E-state index in [-0.39, 0.29) is 0 Å². The van der Waals surface area contributed by atoms with E-state index in [1.165, 1.54) is 22.3 Å². The van der Waals surface area contributed by atoms with E-state index in [1.54, 1.807) is 0 Å². The molecule has 2 N–H and O–H groups in total. The minimum absolute atomic E-state index is 0.348. The summed E-state index contributed by atoms with van der Waals surface area (Å²) in [5.74, 6) is 1.92. The number of ether oxygens (including phenoxy) is 1. The van der Waals surface area contributed by atoms with E-state index in [4.69, 9.17) is 10.5 Å². The maximum absolute atomic E-state index is 6.03. The van der Waals surface area contributed by atoms with Crippen molar-refractivity contribution < 1.29 is 4.74 Å². The summed E-state index contributed by atoms with van der Waals surface area (Å²) < 4.78 is 6.03. The van der Waals surface area contributed by atoms with Gasteiger partial charge in [-0.1, -0.05) is 56.3 Å². The molecule has 2 heteroatoms. The molecule has 0 saturated carbocycles. The van der Waals surface area contributed by atoms with Gasteiger partial charge in [-0.15, -0.1) is 0 Å². The lowest BCUT2D eigenvalue weighted by molar-refractivity contribution is 0.294. The monoisotopic (exact) mass is 311 g/mol. The highest BCUT2D eigenvalue weighted by molar-refractivity contribution is 5.39. The Bertz CT molecular complexity index is 596. The lowest BCUT2D eigenvalue weighted by atomic mass is 9.93. The zero-order valence-corrected chi connectivity index (χ0v) is 14.8. The van der Waals surface area contributed by atoms with Crippen LogP contribution < -0.4 is 10.5 Å². The molecular weight excluding hydrogens is 282 g/mol. The van der Waals surface area contributed by atoms with Gasteiger partial charge in [-0.25, -0.2) is 0 Å². The summed E-state index contributed by atoms with van der Waals surface area (Å²) in [6.07, 6.45) is 0.936. The number of para-hydroxylation sites is 1. The molecule has 0 aromatic heterocycles. The second-order valence-electron chi connectivity index (χ2n) is 6.61. The second kappa shape index (κ2) is 8.16. The van der Waals surface area contributed by atoms with E-state index in [1.807, 2.05) is 0 Å². The Labute approximate surface area is 140 Å². The van der Waals surface area contributed by atoms with Gasteiger partial charge in [-0.3, -0.25) is 0 Å². The predicted octanol–water partition coefficient (Wildman–Crippen LogP) is 4.94. The summed E-state index contributed by atoms with van der Waals surface area (Å²) in [7, 11) is 0. The molecule has 124 valence electrons. The van der Waals surface area contributed by atoms with Crippen molar-refractivity contribution in [3.63, 3.8) is 0 Å². The van der Waals surface area contributed by atoms with Crippen LogP contribution in [-0.4, -0.2) is 13.2 Å². The molecule has 2 aromatic carbocycles. The molecule has 23 heavy (non-hydrogen) atoms. The quantitative estimate of drug-likeness (QED) is 0.786. The van der Waals surface area contributed by atoms with Gasteiger partial charge >= 0.3 is 0 Å². The summed E-state index contributed by atoms with van der Waals surface area (Å²) in [4.78, 5) is 0. The van der Waals surface area contributed by atoms with Gasteiger partial charge in [0.15, 0.2) is 0 Å². The fourth-order valence-corrected chi connectivity index (χ4v) is 2.90. The summed E-state index contributed by atoms with van der Waals surface area (Å²) in [5.41, 5.74) is 11.0. The molecule has 1 atom stereocenters. The molecule has 2 aromatic rings. The van der Waals surface area contributed by atoms with Gasteiger partial charge in [0.2, 0.25) is 0 Å². The van der Waals surface area contributed by atoms with Crippen LogP contribution >= 0.6 is 0 Å². The Morgan fingerprint density at radius 2 is 1.48 bits per heavy atom. The van der Waals surface area contributed by atoms with Gasteiger partial charge in [0.25, 0.3) is 0 Å². The van der Waals surface area contributed by atoms with Crippen LogP contribution in [0.1, 0.15) is 54.4 Å². The van der Waals surface area contributed by atoms with E-state index in [0.29, 0.717) is 25.0 Å². The Hall–Kier alpha value is -1.80. The van der Waals surface area contributed by atoms with E-state index in [9.17, 15) is 0 Å². The molecule has 1 unspecified atom stereocenters. The average Bonchev–Trinajstić information content (AvgIpc) is 2.54. The van der Waals surface area contributed by atoms with Crippen molar-refractivity contribution in [1.29, 1.82) is 0 Å². The van der Waals surface area contributed by atoms with Crippen LogP contribution in [0.4, 0.5) is 0 Å². The molecule has 0 aliphatic heterocycles. The minimum atomic E-state index is 0.348. The van der Waals surface area contributed by atoms with Crippen LogP contribution in [0, 0.1) is 13.8 Å². The predicted molar refractivity (Wildman–Crippen MR) is 98.4 cm³/mol. The van der Waals surface area contributed by atoms with Gasteiger partial charge < -0.3 is 10.5 Å². The van der Waals surface area contributed by atoms with Crippen molar-refractivity contribution in [2.45, 2.75) is 46.0 Å². The standard InChI is InChI=1S/C21H29NO/c1-15(2)18-8-10-19(11-9-18)20(14-22)12-13-23-21-16(3)6-5-7-17(21)4/h5-11,15,20H,12-14,22H2,1-4H3. The first kappa shape index (κ1) is 17.6. The highest BCUT2D eigenvalue weighted by Crippen LogP contribution is 2.25. The van der Waals surface area contributed by atoms with Crippen molar-refractivity contribution in [3.05, 3.63) is 64.7 Å². The Morgan fingerprint density at radius 1 is 0.913 bits per heavy atom. The number of benzene rings is 2. The number of aryl methyl sites for hydroxylation is 2. The molecule has 2 nitrogen and oxygen atoms in total. The molecule has 0 aliphatic carbocycles. The fraction of sp³-hybridized carbons (Fsp3) is 0.429. The van der Waals surface area contributed by atoms with Crippen molar-refractivity contribution in [3.8, 4) is 5.75 Å². The lowest BCUT2D eigenvalue weighted by Gasteiger charge is -2.18. The summed E-state index contributed by atoms with van der Waals surface area (Å²) in [5, 5.41) is 0. The van der Waals surface area contributed by atoms with Crippen LogP contribution in [0.25, 0.3) is 0 Å². The number of hydrogen-bond donors (Lipinski definition) is 1. The van der Waals surface area contributed by atoms with Crippen LogP contribution in [-0.2, 0) is 0 Å². The topological polar surface area (TPSA) is 35.2 Å². The molecular formula is C21H29NO. The second-order valence-corrected chi connectivity index (χ2v) is 6.61. The Kier molecular flexibility index (Phi) is 6.23. The first-order chi connectivity index (χ1) is 11.0. The molecule has 0 saturated heterocycles. The SMILES string of the molecule is Cc1cccc(C)c1OCCC(CN)c1ccc(C(C)C)cc1. The van der Waals surface area contributed by atoms with Gasteiger partial charge in [0.1, 0.15) is 5.75 Å². The summed E-state index contributed by atoms with van der Waals surface area (Å²) in [6, 6.07) is 15.1. The normalized spacial score (nSPS) is 12.4. The first-order valence-corrected chi connectivity index (χ1v) is 8.51. The third-order valence-electron chi connectivity index (χ3n) is 4.48. The molecule has 0 heterocycles. The van der Waals surface area contributed by atoms with E-state index in [2.05, 4.69) is 70.2 Å².